The van der Waals surface area contributed by atoms with Crippen molar-refractivity contribution in [2.24, 2.45) is 0 Å². The van der Waals surface area contributed by atoms with Crippen LogP contribution in [0.15, 0.2) is 73.3 Å². The van der Waals surface area contributed by atoms with Crippen molar-refractivity contribution >= 4 is 0 Å². The third-order valence-electron chi connectivity index (χ3n) is 8.38. The molecule has 42 heavy (non-hydrogen) atoms. The zero-order valence-corrected chi connectivity index (χ0v) is 28.3. The number of pyridine rings is 2. The number of hydrogen-bond acceptors (Lipinski definition) is 2. The maximum Gasteiger partial charge on any atom is 0.173 e. The molecule has 4 heterocycles. The van der Waals surface area contributed by atoms with Crippen LogP contribution >= 0.6 is 0 Å². The van der Waals surface area contributed by atoms with Gasteiger partial charge >= 0.3 is 0 Å². The van der Waals surface area contributed by atoms with Crippen LogP contribution in [0.4, 0.5) is 0 Å². The molecule has 2 aliphatic heterocycles. The highest BCUT2D eigenvalue weighted by molar-refractivity contribution is 5.49. The van der Waals surface area contributed by atoms with Gasteiger partial charge in [0.05, 0.1) is 0 Å². The van der Waals surface area contributed by atoms with E-state index in [2.05, 4.69) is 130 Å². The van der Waals surface area contributed by atoms with Crippen molar-refractivity contribution in [2.75, 3.05) is 27.2 Å². The van der Waals surface area contributed by atoms with Crippen LogP contribution in [0.5, 0.6) is 0 Å². The minimum Gasteiger partial charge on any atom is -1.00 e. The Morgan fingerprint density at radius 2 is 1.12 bits per heavy atom. The van der Waals surface area contributed by atoms with Crippen molar-refractivity contribution in [1.82, 2.24) is 9.80 Å². The molecule has 5 rings (SSSR count). The van der Waals surface area contributed by atoms with Gasteiger partial charge in [0.25, 0.3) is 0 Å². The number of benzene rings is 1. The summed E-state index contributed by atoms with van der Waals surface area (Å²) in [6.45, 7) is 4.40. The van der Waals surface area contributed by atoms with Crippen LogP contribution in [0, 0.1) is 23.7 Å². The van der Waals surface area contributed by atoms with Crippen LogP contribution in [0.1, 0.15) is 85.7 Å². The molecule has 0 aliphatic carbocycles. The van der Waals surface area contributed by atoms with Gasteiger partial charge < -0.3 is 34.0 Å². The topological polar surface area (TPSA) is 14.2 Å². The average molecular weight is 693 g/mol. The number of hydrogen-bond donors (Lipinski definition) is 0. The maximum absolute atomic E-state index is 3.40. The number of nitrogens with zero attached hydrogens (tertiary/aromatic N) is 4. The molecule has 4 nitrogen and oxygen atoms in total. The third-order valence-corrected chi connectivity index (χ3v) is 8.38. The van der Waals surface area contributed by atoms with Gasteiger partial charge in [0.15, 0.2) is 24.8 Å². The fraction of sp³-hybridized carbons (Fsp3) is 0.444. The van der Waals surface area contributed by atoms with E-state index < -0.39 is 0 Å². The summed E-state index contributed by atoms with van der Waals surface area (Å²) >= 11 is 0. The second-order valence-corrected chi connectivity index (χ2v) is 11.4. The molecule has 0 unspecified atom stereocenters. The molecular weight excluding hydrogens is 648 g/mol. The Kier molecular flexibility index (Phi) is 14.2. The summed E-state index contributed by atoms with van der Waals surface area (Å²) in [4.78, 5) is 4.94. The van der Waals surface area contributed by atoms with Gasteiger partial charge in [-0.2, -0.15) is 0 Å². The molecule has 0 amide bonds. The molecule has 0 bridgehead atoms. The molecule has 2 atom stereocenters. The molecule has 2 aromatic heterocycles. The molecule has 2 aliphatic rings. The highest BCUT2D eigenvalue weighted by Crippen LogP contribution is 2.30. The van der Waals surface area contributed by atoms with Gasteiger partial charge in [-0.3, -0.25) is 9.80 Å². The van der Waals surface area contributed by atoms with Gasteiger partial charge in [-0.15, -0.1) is 0 Å². The monoisotopic (exact) mass is 690 g/mol. The first-order chi connectivity index (χ1) is 19.7. The number of aryl methyl sites for hydroxylation is 2. The number of aromatic nitrogens is 2. The van der Waals surface area contributed by atoms with Crippen molar-refractivity contribution in [3.8, 4) is 23.7 Å². The summed E-state index contributed by atoms with van der Waals surface area (Å²) in [5, 5.41) is 0. The summed E-state index contributed by atoms with van der Waals surface area (Å²) in [6.07, 6.45) is 18.0. The van der Waals surface area contributed by atoms with Gasteiger partial charge in [0.2, 0.25) is 0 Å². The van der Waals surface area contributed by atoms with E-state index in [-0.39, 0.29) is 34.0 Å². The molecule has 0 saturated carbocycles. The lowest BCUT2D eigenvalue weighted by Gasteiger charge is -2.18. The molecule has 2 saturated heterocycles. The first-order valence-corrected chi connectivity index (χ1v) is 15.1. The van der Waals surface area contributed by atoms with Crippen LogP contribution in [0.25, 0.3) is 0 Å². The van der Waals surface area contributed by atoms with Crippen molar-refractivity contribution in [3.63, 3.8) is 0 Å². The Labute approximate surface area is 274 Å². The van der Waals surface area contributed by atoms with Crippen LogP contribution < -0.4 is 43.1 Å². The largest absolute Gasteiger partial charge is 1.00 e. The first kappa shape index (κ1) is 34.0. The van der Waals surface area contributed by atoms with E-state index >= 15 is 0 Å². The van der Waals surface area contributed by atoms with Crippen LogP contribution in [-0.4, -0.2) is 37.0 Å². The summed E-state index contributed by atoms with van der Waals surface area (Å²) in [5.41, 5.74) is 4.95. The molecule has 6 heteroatoms. The molecule has 0 radical (unpaired) electrons. The van der Waals surface area contributed by atoms with E-state index in [9.17, 15) is 0 Å². The maximum atomic E-state index is 3.40. The van der Waals surface area contributed by atoms with Crippen molar-refractivity contribution in [3.05, 3.63) is 95.6 Å². The van der Waals surface area contributed by atoms with Crippen LogP contribution in [0.2, 0.25) is 0 Å². The van der Waals surface area contributed by atoms with E-state index in [0.29, 0.717) is 12.1 Å². The molecule has 2 fully saturated rings. The minimum absolute atomic E-state index is 0. The van der Waals surface area contributed by atoms with Gasteiger partial charge in [0, 0.05) is 72.2 Å². The second-order valence-electron chi connectivity index (χ2n) is 11.4. The van der Waals surface area contributed by atoms with Crippen LogP contribution in [-0.2, 0) is 13.1 Å². The Morgan fingerprint density at radius 3 is 1.52 bits per heavy atom. The van der Waals surface area contributed by atoms with Crippen molar-refractivity contribution < 1.29 is 43.1 Å². The van der Waals surface area contributed by atoms with E-state index in [1.54, 1.807) is 0 Å². The Balaban J connectivity index is 0.00000242. The number of rotatable bonds is 8. The van der Waals surface area contributed by atoms with Gasteiger partial charge in [0.1, 0.15) is 13.1 Å². The predicted molar refractivity (Wildman–Crippen MR) is 161 cm³/mol. The molecular formula is C36H44Br2N4. The molecule has 0 spiro atoms. The third kappa shape index (κ3) is 9.51. The van der Waals surface area contributed by atoms with Gasteiger partial charge in [-0.05, 0) is 77.1 Å². The van der Waals surface area contributed by atoms with E-state index in [1.807, 2.05) is 0 Å². The zero-order valence-electron chi connectivity index (χ0n) is 25.1. The van der Waals surface area contributed by atoms with Gasteiger partial charge in [-0.1, -0.05) is 35.8 Å². The second kappa shape index (κ2) is 17.6. The Hall–Kier alpha value is -2.48. The lowest BCUT2D eigenvalue weighted by atomic mass is 10.1. The van der Waals surface area contributed by atoms with Crippen molar-refractivity contribution in [1.29, 1.82) is 0 Å². The fourth-order valence-electron chi connectivity index (χ4n) is 6.14. The van der Waals surface area contributed by atoms with Gasteiger partial charge in [-0.25, -0.2) is 9.13 Å². The lowest BCUT2D eigenvalue weighted by Crippen LogP contribution is -3.00. The molecule has 0 N–H and O–H groups in total. The number of likely N-dealkylation sites (tertiary alicyclic amines) is 2. The van der Waals surface area contributed by atoms with Crippen LogP contribution in [0.3, 0.4) is 0 Å². The summed E-state index contributed by atoms with van der Waals surface area (Å²) in [7, 11) is 4.48. The number of unbranched alkanes of at least 4 members (excludes halogenated alkanes) is 2. The molecule has 1 aromatic carbocycles. The van der Waals surface area contributed by atoms with E-state index in [1.165, 1.54) is 49.9 Å². The summed E-state index contributed by atoms with van der Waals surface area (Å²) < 4.78 is 4.65. The Bertz CT molecular complexity index is 1290. The lowest BCUT2D eigenvalue weighted by molar-refractivity contribution is -0.697. The number of halogens is 2. The normalized spacial score (nSPS) is 18.2. The zero-order chi connectivity index (χ0) is 27.6. The highest BCUT2D eigenvalue weighted by Gasteiger charge is 2.25. The van der Waals surface area contributed by atoms with E-state index in [4.69, 9.17) is 0 Å². The quantitative estimate of drug-likeness (QED) is 0.179. The Morgan fingerprint density at radius 1 is 0.667 bits per heavy atom. The summed E-state index contributed by atoms with van der Waals surface area (Å²) in [5.74, 6) is 13.6. The predicted octanol–water partition coefficient (Wildman–Crippen LogP) is -0.533. The fourth-order valence-corrected chi connectivity index (χ4v) is 6.14. The first-order valence-electron chi connectivity index (χ1n) is 15.1. The SMILES string of the molecule is CN1CCC[C@@H]1c1ccc[n+](CCCC#Cc2ccccc2C#CCCC[n+]2cccc([C@H]3CCCN3C)c2)c1.[Br-].[Br-]. The minimum atomic E-state index is 0. The van der Waals surface area contributed by atoms with E-state index in [0.717, 1.165) is 49.9 Å². The molecule has 3 aromatic rings. The highest BCUT2D eigenvalue weighted by atomic mass is 79.9. The summed E-state index contributed by atoms with van der Waals surface area (Å²) in [6, 6.07) is 18.4. The smallest absolute Gasteiger partial charge is 0.173 e. The molecule has 222 valence electrons. The average Bonchev–Trinajstić information content (AvgIpc) is 3.61. The standard InChI is InChI=1S/C36H44N4.2BrH/c1-37-23-13-21-35(37)33-19-11-27-39(29-33)25-9-3-5-15-31-17-7-8-18-32(31)16-6-4-10-26-40-28-12-20-34(30-40)36-22-14-24-38(36)2;;/h7-8,11-12,17-20,27-30,35-36H,3-4,9-10,13-14,21-26H2,1-2H3;2*1H/q+2;;/p-2/t35-,36-;;/m1../s1. The van der Waals surface area contributed by atoms with Crippen molar-refractivity contribution in [2.45, 2.75) is 76.5 Å².